The number of nitrogens with zero attached hydrogens (tertiary/aromatic N) is 4. The van der Waals surface area contributed by atoms with Crippen molar-refractivity contribution in [3.63, 3.8) is 0 Å². The van der Waals surface area contributed by atoms with Gasteiger partial charge in [-0.1, -0.05) is 15.9 Å². The largest absolute Gasteiger partial charge is 0.348 e. The van der Waals surface area contributed by atoms with Crippen LogP contribution in [-0.2, 0) is 0 Å². The summed E-state index contributed by atoms with van der Waals surface area (Å²) in [4.78, 5) is 16.3. The van der Waals surface area contributed by atoms with Crippen LogP contribution in [0, 0.1) is 0 Å². The molecule has 0 saturated heterocycles. The molecule has 2 aromatic heterocycles. The van der Waals surface area contributed by atoms with Crippen molar-refractivity contribution in [2.45, 2.75) is 6.43 Å². The van der Waals surface area contributed by atoms with Gasteiger partial charge in [-0.05, 0) is 0 Å². The average Bonchev–Trinajstić information content (AvgIpc) is 2.75. The first-order valence-corrected chi connectivity index (χ1v) is 6.07. The average molecular weight is 306 g/mol. The van der Waals surface area contributed by atoms with Crippen molar-refractivity contribution in [1.82, 2.24) is 19.9 Å². The number of fused-ring (bicyclic) bond motifs is 1. The van der Waals surface area contributed by atoms with Crippen LogP contribution >= 0.6 is 15.9 Å². The molecule has 1 N–H and O–H groups in total. The number of rotatable bonds is 5. The number of H-pyrrole nitrogens is 1. The molecule has 2 rings (SSSR count). The molecule has 0 aliphatic rings. The number of aromatic amines is 1. The van der Waals surface area contributed by atoms with Gasteiger partial charge in [0.25, 0.3) is 6.43 Å². The van der Waals surface area contributed by atoms with Crippen molar-refractivity contribution >= 4 is 32.9 Å². The molecule has 0 aliphatic heterocycles. The minimum Gasteiger partial charge on any atom is -0.348 e. The standard InChI is InChI=1S/C9H10BrF2N5/c10-1-2-17(3-6(11)12)9-7-8(14-4-13-7)15-5-16-9/h4-6H,1-3H2,(H,13,14,15,16). The molecule has 0 spiro atoms. The molecule has 0 fully saturated rings. The second kappa shape index (κ2) is 5.35. The second-order valence-electron chi connectivity index (χ2n) is 3.32. The van der Waals surface area contributed by atoms with Crippen molar-refractivity contribution in [3.8, 4) is 0 Å². The SMILES string of the molecule is FC(F)CN(CCBr)c1ncnc2nc[nH]c12. The number of hydrogen-bond acceptors (Lipinski definition) is 4. The maximum atomic E-state index is 12.5. The van der Waals surface area contributed by atoms with Crippen molar-refractivity contribution < 1.29 is 8.78 Å². The van der Waals surface area contributed by atoms with Gasteiger partial charge in [-0.25, -0.2) is 23.7 Å². The lowest BCUT2D eigenvalue weighted by Gasteiger charge is -2.22. The van der Waals surface area contributed by atoms with Crippen LogP contribution in [0.4, 0.5) is 14.6 Å². The lowest BCUT2D eigenvalue weighted by molar-refractivity contribution is 0.155. The van der Waals surface area contributed by atoms with Crippen molar-refractivity contribution in [2.24, 2.45) is 0 Å². The van der Waals surface area contributed by atoms with E-state index in [1.807, 2.05) is 0 Å². The highest BCUT2D eigenvalue weighted by molar-refractivity contribution is 9.09. The first-order chi connectivity index (χ1) is 8.22. The molecule has 2 aromatic rings. The number of anilines is 1. The number of imidazole rings is 1. The molecule has 17 heavy (non-hydrogen) atoms. The molecule has 0 amide bonds. The topological polar surface area (TPSA) is 57.7 Å². The fraction of sp³-hybridized carbons (Fsp3) is 0.444. The first kappa shape index (κ1) is 12.2. The summed E-state index contributed by atoms with van der Waals surface area (Å²) in [6.45, 7) is 0.0756. The number of aromatic nitrogens is 4. The van der Waals surface area contributed by atoms with Gasteiger partial charge in [0.05, 0.1) is 12.9 Å². The van der Waals surface area contributed by atoms with E-state index in [0.717, 1.165) is 0 Å². The summed E-state index contributed by atoms with van der Waals surface area (Å²) in [7, 11) is 0. The van der Waals surface area contributed by atoms with E-state index in [0.29, 0.717) is 28.9 Å². The Morgan fingerprint density at radius 2 is 2.18 bits per heavy atom. The van der Waals surface area contributed by atoms with Crippen LogP contribution in [0.15, 0.2) is 12.7 Å². The Labute approximate surface area is 104 Å². The van der Waals surface area contributed by atoms with Crippen LogP contribution in [0.3, 0.4) is 0 Å². The Hall–Kier alpha value is -1.31. The molecule has 0 aliphatic carbocycles. The Kier molecular flexibility index (Phi) is 3.82. The summed E-state index contributed by atoms with van der Waals surface area (Å²) in [6, 6.07) is 0. The predicted molar refractivity (Wildman–Crippen MR) is 63.7 cm³/mol. The summed E-state index contributed by atoms with van der Waals surface area (Å²) in [5.74, 6) is 0.451. The maximum Gasteiger partial charge on any atom is 0.255 e. The van der Waals surface area contributed by atoms with Gasteiger partial charge < -0.3 is 9.88 Å². The number of halogens is 3. The molecule has 0 radical (unpaired) electrons. The predicted octanol–water partition coefficient (Wildman–Crippen LogP) is 1.82. The van der Waals surface area contributed by atoms with Gasteiger partial charge in [-0.15, -0.1) is 0 Å². The van der Waals surface area contributed by atoms with Crippen LogP contribution in [0.1, 0.15) is 0 Å². The van der Waals surface area contributed by atoms with Gasteiger partial charge in [0.2, 0.25) is 0 Å². The first-order valence-electron chi connectivity index (χ1n) is 4.95. The third-order valence-corrected chi connectivity index (χ3v) is 2.57. The molecule has 5 nitrogen and oxygen atoms in total. The highest BCUT2D eigenvalue weighted by atomic mass is 79.9. The number of alkyl halides is 3. The van der Waals surface area contributed by atoms with Crippen LogP contribution < -0.4 is 4.90 Å². The van der Waals surface area contributed by atoms with Crippen LogP contribution in [0.5, 0.6) is 0 Å². The van der Waals surface area contributed by atoms with E-state index < -0.39 is 6.43 Å². The second-order valence-corrected chi connectivity index (χ2v) is 4.12. The van der Waals surface area contributed by atoms with Gasteiger partial charge in [0.15, 0.2) is 11.5 Å². The minimum atomic E-state index is -2.41. The molecular formula is C9H10BrF2N5. The Bertz CT molecular complexity index is 489. The lowest BCUT2D eigenvalue weighted by atomic mass is 10.4. The molecule has 0 unspecified atom stereocenters. The molecule has 0 atom stereocenters. The summed E-state index contributed by atoms with van der Waals surface area (Å²) >= 11 is 3.24. The van der Waals surface area contributed by atoms with Crippen molar-refractivity contribution in [1.29, 1.82) is 0 Å². The van der Waals surface area contributed by atoms with E-state index in [4.69, 9.17) is 0 Å². The monoisotopic (exact) mass is 305 g/mol. The van der Waals surface area contributed by atoms with E-state index in [2.05, 4.69) is 35.9 Å². The van der Waals surface area contributed by atoms with Gasteiger partial charge in [0.1, 0.15) is 11.8 Å². The Balaban J connectivity index is 2.36. The normalized spacial score (nSPS) is 11.3. The third kappa shape index (κ3) is 2.68. The Morgan fingerprint density at radius 3 is 2.88 bits per heavy atom. The van der Waals surface area contributed by atoms with Crippen LogP contribution in [0.2, 0.25) is 0 Å². The highest BCUT2D eigenvalue weighted by Gasteiger charge is 2.17. The Morgan fingerprint density at radius 1 is 1.35 bits per heavy atom. The number of hydrogen-bond donors (Lipinski definition) is 1. The molecule has 92 valence electrons. The van der Waals surface area contributed by atoms with Crippen LogP contribution in [-0.4, -0.2) is 44.8 Å². The zero-order valence-corrected chi connectivity index (χ0v) is 10.4. The van der Waals surface area contributed by atoms with Gasteiger partial charge >= 0.3 is 0 Å². The van der Waals surface area contributed by atoms with Gasteiger partial charge in [-0.3, -0.25) is 0 Å². The molecule has 0 saturated carbocycles. The van der Waals surface area contributed by atoms with Crippen molar-refractivity contribution in [3.05, 3.63) is 12.7 Å². The van der Waals surface area contributed by atoms with E-state index in [-0.39, 0.29) is 6.54 Å². The summed E-state index contributed by atoms with van der Waals surface area (Å²) < 4.78 is 25.0. The fourth-order valence-electron chi connectivity index (χ4n) is 1.54. The van der Waals surface area contributed by atoms with E-state index in [1.54, 1.807) is 0 Å². The summed E-state index contributed by atoms with van der Waals surface area (Å²) in [5, 5.41) is 0.583. The van der Waals surface area contributed by atoms with Gasteiger partial charge in [-0.2, -0.15) is 0 Å². The molecule has 8 heteroatoms. The number of nitrogens with one attached hydrogen (secondary N) is 1. The molecular weight excluding hydrogens is 296 g/mol. The third-order valence-electron chi connectivity index (χ3n) is 2.22. The zero-order chi connectivity index (χ0) is 12.3. The smallest absolute Gasteiger partial charge is 0.255 e. The maximum absolute atomic E-state index is 12.5. The lowest BCUT2D eigenvalue weighted by Crippen LogP contribution is -2.31. The minimum absolute atomic E-state index is 0.364. The summed E-state index contributed by atoms with van der Waals surface area (Å²) in [6.07, 6.45) is 0.380. The molecule has 0 aromatic carbocycles. The van der Waals surface area contributed by atoms with E-state index in [1.165, 1.54) is 17.6 Å². The van der Waals surface area contributed by atoms with E-state index in [9.17, 15) is 8.78 Å². The quantitative estimate of drug-likeness (QED) is 0.856. The zero-order valence-electron chi connectivity index (χ0n) is 8.78. The molecule has 2 heterocycles. The highest BCUT2D eigenvalue weighted by Crippen LogP contribution is 2.20. The van der Waals surface area contributed by atoms with Crippen LogP contribution in [0.25, 0.3) is 11.2 Å². The fourth-order valence-corrected chi connectivity index (χ4v) is 1.97. The van der Waals surface area contributed by atoms with Gasteiger partial charge in [0, 0.05) is 11.9 Å². The van der Waals surface area contributed by atoms with E-state index >= 15 is 0 Å². The molecule has 0 bridgehead atoms. The van der Waals surface area contributed by atoms with Crippen molar-refractivity contribution in [2.75, 3.05) is 23.3 Å². The summed E-state index contributed by atoms with van der Waals surface area (Å²) in [5.41, 5.74) is 1.05.